The summed E-state index contributed by atoms with van der Waals surface area (Å²) in [6.07, 6.45) is 3.67. The SMILES string of the molecule is CN(Cc1cccnc1)C(=O)CNC(=O)Cc1cccc2ccccc12. The minimum absolute atomic E-state index is 0.0135. The lowest BCUT2D eigenvalue weighted by atomic mass is 10.0. The Kier molecular flexibility index (Phi) is 5.59. The maximum absolute atomic E-state index is 12.2. The first-order valence-electron chi connectivity index (χ1n) is 8.49. The normalized spacial score (nSPS) is 10.5. The van der Waals surface area contributed by atoms with Crippen LogP contribution in [0.25, 0.3) is 10.8 Å². The topological polar surface area (TPSA) is 62.3 Å². The molecule has 1 N–H and O–H groups in total. The van der Waals surface area contributed by atoms with Crippen LogP contribution in [0.1, 0.15) is 11.1 Å². The Bertz CT molecular complexity index is 904. The zero-order valence-electron chi connectivity index (χ0n) is 14.7. The van der Waals surface area contributed by atoms with E-state index in [4.69, 9.17) is 0 Å². The predicted molar refractivity (Wildman–Crippen MR) is 101 cm³/mol. The number of hydrogen-bond donors (Lipinski definition) is 1. The molecule has 3 aromatic rings. The van der Waals surface area contributed by atoms with Crippen LogP contribution in [-0.4, -0.2) is 35.3 Å². The Morgan fingerprint density at radius 2 is 1.85 bits per heavy atom. The Morgan fingerprint density at radius 1 is 1.04 bits per heavy atom. The summed E-state index contributed by atoms with van der Waals surface area (Å²) in [6.45, 7) is 0.451. The molecule has 0 aliphatic rings. The van der Waals surface area contributed by atoms with E-state index in [-0.39, 0.29) is 24.8 Å². The summed E-state index contributed by atoms with van der Waals surface area (Å²) in [7, 11) is 1.71. The minimum atomic E-state index is -0.163. The van der Waals surface area contributed by atoms with Gasteiger partial charge in [0.15, 0.2) is 0 Å². The third kappa shape index (κ3) is 4.45. The zero-order valence-corrected chi connectivity index (χ0v) is 14.7. The van der Waals surface area contributed by atoms with E-state index < -0.39 is 0 Å². The molecule has 0 bridgehead atoms. The Hall–Kier alpha value is -3.21. The van der Waals surface area contributed by atoms with Gasteiger partial charge in [0.25, 0.3) is 0 Å². The van der Waals surface area contributed by atoms with Gasteiger partial charge in [-0.2, -0.15) is 0 Å². The van der Waals surface area contributed by atoms with Crippen LogP contribution in [-0.2, 0) is 22.6 Å². The van der Waals surface area contributed by atoms with E-state index in [2.05, 4.69) is 10.3 Å². The van der Waals surface area contributed by atoms with Crippen LogP contribution in [0.2, 0.25) is 0 Å². The molecule has 0 fully saturated rings. The molecule has 0 saturated carbocycles. The highest BCUT2D eigenvalue weighted by Crippen LogP contribution is 2.18. The lowest BCUT2D eigenvalue weighted by Crippen LogP contribution is -2.38. The fourth-order valence-corrected chi connectivity index (χ4v) is 2.84. The second-order valence-electron chi connectivity index (χ2n) is 6.20. The summed E-state index contributed by atoms with van der Waals surface area (Å²) < 4.78 is 0. The molecule has 2 amide bonds. The number of likely N-dealkylation sites (N-methyl/N-ethyl adjacent to an activating group) is 1. The Morgan fingerprint density at radius 3 is 2.65 bits per heavy atom. The van der Waals surface area contributed by atoms with E-state index in [0.717, 1.165) is 21.9 Å². The van der Waals surface area contributed by atoms with E-state index in [1.807, 2.05) is 54.6 Å². The minimum Gasteiger partial charge on any atom is -0.347 e. The van der Waals surface area contributed by atoms with E-state index in [1.54, 1.807) is 24.3 Å². The number of carbonyl (C=O) groups is 2. The van der Waals surface area contributed by atoms with Gasteiger partial charge in [0, 0.05) is 26.0 Å². The first kappa shape index (κ1) is 17.6. The standard InChI is InChI=1S/C21H21N3O2/c1-24(15-16-6-5-11-22-13-16)21(26)14-23-20(25)12-18-9-4-8-17-7-2-3-10-19(17)18/h2-11,13H,12,14-15H2,1H3,(H,23,25). The number of amides is 2. The molecule has 1 aromatic heterocycles. The molecular weight excluding hydrogens is 326 g/mol. The number of carbonyl (C=O) groups excluding carboxylic acids is 2. The summed E-state index contributed by atoms with van der Waals surface area (Å²) >= 11 is 0. The molecule has 3 rings (SSSR count). The van der Waals surface area contributed by atoms with Crippen molar-refractivity contribution in [1.29, 1.82) is 0 Å². The highest BCUT2D eigenvalue weighted by molar-refractivity contribution is 5.91. The van der Waals surface area contributed by atoms with Crippen LogP contribution < -0.4 is 5.32 Å². The van der Waals surface area contributed by atoms with Gasteiger partial charge >= 0.3 is 0 Å². The largest absolute Gasteiger partial charge is 0.347 e. The van der Waals surface area contributed by atoms with Crippen molar-refractivity contribution in [1.82, 2.24) is 15.2 Å². The molecule has 0 saturated heterocycles. The highest BCUT2D eigenvalue weighted by atomic mass is 16.2. The van der Waals surface area contributed by atoms with Gasteiger partial charge in [-0.1, -0.05) is 48.5 Å². The molecular formula is C21H21N3O2. The second-order valence-corrected chi connectivity index (χ2v) is 6.20. The van der Waals surface area contributed by atoms with E-state index >= 15 is 0 Å². The third-order valence-electron chi connectivity index (χ3n) is 4.24. The number of nitrogens with one attached hydrogen (secondary N) is 1. The quantitative estimate of drug-likeness (QED) is 0.745. The first-order valence-corrected chi connectivity index (χ1v) is 8.49. The number of benzene rings is 2. The Balaban J connectivity index is 1.54. The molecule has 2 aromatic carbocycles. The summed E-state index contributed by atoms with van der Waals surface area (Å²) in [5.74, 6) is -0.301. The molecule has 1 heterocycles. The molecule has 26 heavy (non-hydrogen) atoms. The van der Waals surface area contributed by atoms with Gasteiger partial charge in [-0.25, -0.2) is 0 Å². The fraction of sp³-hybridized carbons (Fsp3) is 0.190. The van der Waals surface area contributed by atoms with E-state index in [0.29, 0.717) is 6.54 Å². The maximum Gasteiger partial charge on any atom is 0.242 e. The van der Waals surface area contributed by atoms with Crippen LogP contribution in [0.4, 0.5) is 0 Å². The molecule has 0 aliphatic carbocycles. The van der Waals surface area contributed by atoms with Crippen molar-refractivity contribution in [3.8, 4) is 0 Å². The van der Waals surface area contributed by atoms with Crippen molar-refractivity contribution in [2.24, 2.45) is 0 Å². The molecule has 0 atom stereocenters. The predicted octanol–water partition coefficient (Wildman–Crippen LogP) is 2.55. The Labute approximate surface area is 152 Å². The summed E-state index contributed by atoms with van der Waals surface area (Å²) in [6, 6.07) is 17.6. The lowest BCUT2D eigenvalue weighted by molar-refractivity contribution is -0.132. The number of rotatable bonds is 6. The summed E-state index contributed by atoms with van der Waals surface area (Å²) in [4.78, 5) is 30.1. The van der Waals surface area contributed by atoms with Crippen LogP contribution in [0.3, 0.4) is 0 Å². The molecule has 0 unspecified atom stereocenters. The molecule has 0 radical (unpaired) electrons. The summed E-state index contributed by atoms with van der Waals surface area (Å²) in [5, 5.41) is 4.88. The van der Waals surface area contributed by atoms with Crippen molar-refractivity contribution in [3.05, 3.63) is 78.1 Å². The maximum atomic E-state index is 12.2. The van der Waals surface area contributed by atoms with Gasteiger partial charge in [-0.05, 0) is 28.0 Å². The number of pyridine rings is 1. The second kappa shape index (κ2) is 8.25. The van der Waals surface area contributed by atoms with Crippen molar-refractivity contribution < 1.29 is 9.59 Å². The monoisotopic (exact) mass is 347 g/mol. The van der Waals surface area contributed by atoms with Crippen molar-refractivity contribution >= 4 is 22.6 Å². The number of nitrogens with zero attached hydrogens (tertiary/aromatic N) is 2. The molecule has 0 spiro atoms. The van der Waals surface area contributed by atoms with Gasteiger partial charge in [0.2, 0.25) is 11.8 Å². The lowest BCUT2D eigenvalue weighted by Gasteiger charge is -2.17. The third-order valence-corrected chi connectivity index (χ3v) is 4.24. The van der Waals surface area contributed by atoms with E-state index in [1.165, 1.54) is 0 Å². The van der Waals surface area contributed by atoms with Crippen LogP contribution in [0.15, 0.2) is 67.0 Å². The molecule has 0 aliphatic heterocycles. The van der Waals surface area contributed by atoms with Crippen LogP contribution >= 0.6 is 0 Å². The average molecular weight is 347 g/mol. The smallest absolute Gasteiger partial charge is 0.242 e. The average Bonchev–Trinajstić information content (AvgIpc) is 2.67. The van der Waals surface area contributed by atoms with Crippen LogP contribution in [0.5, 0.6) is 0 Å². The number of hydrogen-bond acceptors (Lipinski definition) is 3. The molecule has 5 heteroatoms. The van der Waals surface area contributed by atoms with Crippen LogP contribution in [0, 0.1) is 0 Å². The fourth-order valence-electron chi connectivity index (χ4n) is 2.84. The number of aromatic nitrogens is 1. The van der Waals surface area contributed by atoms with Gasteiger partial charge in [-0.3, -0.25) is 14.6 Å². The van der Waals surface area contributed by atoms with Gasteiger partial charge < -0.3 is 10.2 Å². The first-order chi connectivity index (χ1) is 12.6. The molecule has 132 valence electrons. The molecule has 5 nitrogen and oxygen atoms in total. The number of fused-ring (bicyclic) bond motifs is 1. The van der Waals surface area contributed by atoms with Gasteiger partial charge in [-0.15, -0.1) is 0 Å². The highest BCUT2D eigenvalue weighted by Gasteiger charge is 2.12. The summed E-state index contributed by atoms with van der Waals surface area (Å²) in [5.41, 5.74) is 1.90. The van der Waals surface area contributed by atoms with Crippen molar-refractivity contribution in [2.75, 3.05) is 13.6 Å². The van der Waals surface area contributed by atoms with E-state index in [9.17, 15) is 9.59 Å². The zero-order chi connectivity index (χ0) is 18.4. The van der Waals surface area contributed by atoms with Crippen molar-refractivity contribution in [2.45, 2.75) is 13.0 Å². The van der Waals surface area contributed by atoms with Gasteiger partial charge in [0.05, 0.1) is 13.0 Å². The van der Waals surface area contributed by atoms with Crippen molar-refractivity contribution in [3.63, 3.8) is 0 Å². The van der Waals surface area contributed by atoms with Gasteiger partial charge in [0.1, 0.15) is 0 Å².